The highest BCUT2D eigenvalue weighted by atomic mass is 19.4. The number of benzene rings is 2. The number of aliphatic carboxylic acids is 1. The largest absolute Gasteiger partial charge is 0.492 e. The predicted octanol–water partition coefficient (Wildman–Crippen LogP) is 4.72. The Labute approximate surface area is 153 Å². The zero-order valence-electron chi connectivity index (χ0n) is 14.3. The number of carboxylic acid groups (broad SMARTS) is 1. The van der Waals surface area contributed by atoms with Crippen molar-refractivity contribution in [1.29, 1.82) is 0 Å². The van der Waals surface area contributed by atoms with Gasteiger partial charge in [-0.2, -0.15) is 13.2 Å². The number of hydrogen-bond donors (Lipinski definition) is 1. The van der Waals surface area contributed by atoms with E-state index in [2.05, 4.69) is 0 Å². The Morgan fingerprint density at radius 3 is 2.81 bits per heavy atom. The number of carboxylic acids is 1. The van der Waals surface area contributed by atoms with Crippen molar-refractivity contribution in [2.75, 3.05) is 6.61 Å². The SMILES string of the molecule is O=C(O)CC1COc2cc(O[C@@H]3CCc4cccc(C(F)(F)F)c43)ccc21. The van der Waals surface area contributed by atoms with Gasteiger partial charge in [0.1, 0.15) is 17.6 Å². The van der Waals surface area contributed by atoms with Crippen molar-refractivity contribution in [2.24, 2.45) is 0 Å². The molecule has 0 saturated heterocycles. The van der Waals surface area contributed by atoms with Crippen molar-refractivity contribution >= 4 is 5.97 Å². The quantitative estimate of drug-likeness (QED) is 0.836. The molecular formula is C20H17F3O4. The van der Waals surface area contributed by atoms with Crippen LogP contribution >= 0.6 is 0 Å². The number of hydrogen-bond acceptors (Lipinski definition) is 3. The first-order chi connectivity index (χ1) is 12.8. The van der Waals surface area contributed by atoms with Gasteiger partial charge in [0.25, 0.3) is 0 Å². The molecule has 0 aromatic heterocycles. The molecule has 2 atom stereocenters. The average Bonchev–Trinajstić information content (AvgIpc) is 3.18. The van der Waals surface area contributed by atoms with Crippen molar-refractivity contribution in [3.63, 3.8) is 0 Å². The van der Waals surface area contributed by atoms with Crippen molar-refractivity contribution in [1.82, 2.24) is 0 Å². The average molecular weight is 378 g/mol. The summed E-state index contributed by atoms with van der Waals surface area (Å²) in [4.78, 5) is 10.9. The number of rotatable bonds is 4. The Balaban J connectivity index is 1.59. The summed E-state index contributed by atoms with van der Waals surface area (Å²) >= 11 is 0. The van der Waals surface area contributed by atoms with Gasteiger partial charge < -0.3 is 14.6 Å². The van der Waals surface area contributed by atoms with Crippen LogP contribution in [0.4, 0.5) is 13.2 Å². The monoisotopic (exact) mass is 378 g/mol. The molecule has 1 aliphatic heterocycles. The molecule has 1 heterocycles. The molecule has 0 radical (unpaired) electrons. The van der Waals surface area contributed by atoms with E-state index >= 15 is 0 Å². The van der Waals surface area contributed by atoms with Crippen LogP contribution < -0.4 is 9.47 Å². The first-order valence-corrected chi connectivity index (χ1v) is 8.67. The summed E-state index contributed by atoms with van der Waals surface area (Å²) in [5, 5.41) is 8.96. The van der Waals surface area contributed by atoms with Gasteiger partial charge in [-0.15, -0.1) is 0 Å². The van der Waals surface area contributed by atoms with Crippen LogP contribution in [0.1, 0.15) is 47.1 Å². The number of ether oxygens (including phenoxy) is 2. The lowest BCUT2D eigenvalue weighted by atomic mass is 9.98. The summed E-state index contributed by atoms with van der Waals surface area (Å²) in [7, 11) is 0. The third-order valence-corrected chi connectivity index (χ3v) is 5.06. The van der Waals surface area contributed by atoms with Gasteiger partial charge in [0.2, 0.25) is 0 Å². The van der Waals surface area contributed by atoms with Crippen molar-refractivity contribution in [2.45, 2.75) is 37.5 Å². The molecule has 27 heavy (non-hydrogen) atoms. The van der Waals surface area contributed by atoms with Crippen LogP contribution in [-0.4, -0.2) is 17.7 Å². The second-order valence-electron chi connectivity index (χ2n) is 6.83. The van der Waals surface area contributed by atoms with E-state index in [1.54, 1.807) is 24.3 Å². The Kier molecular flexibility index (Phi) is 4.25. The minimum Gasteiger partial charge on any atom is -0.492 e. The summed E-state index contributed by atoms with van der Waals surface area (Å²) < 4.78 is 51.5. The topological polar surface area (TPSA) is 55.8 Å². The molecule has 0 fully saturated rings. The molecule has 142 valence electrons. The van der Waals surface area contributed by atoms with E-state index in [1.165, 1.54) is 6.07 Å². The first-order valence-electron chi connectivity index (χ1n) is 8.67. The molecule has 4 nitrogen and oxygen atoms in total. The Bertz CT molecular complexity index is 891. The van der Waals surface area contributed by atoms with Crippen LogP contribution in [-0.2, 0) is 17.4 Å². The zero-order valence-corrected chi connectivity index (χ0v) is 14.3. The van der Waals surface area contributed by atoms with Crippen molar-refractivity contribution in [3.05, 3.63) is 58.7 Å². The fourth-order valence-corrected chi connectivity index (χ4v) is 3.88. The van der Waals surface area contributed by atoms with E-state index in [4.69, 9.17) is 14.6 Å². The number of fused-ring (bicyclic) bond motifs is 2. The smallest absolute Gasteiger partial charge is 0.416 e. The molecule has 1 N–H and O–H groups in total. The van der Waals surface area contributed by atoms with Crippen LogP contribution in [0.25, 0.3) is 0 Å². The Morgan fingerprint density at radius 2 is 2.07 bits per heavy atom. The minimum absolute atomic E-state index is 0.0296. The van der Waals surface area contributed by atoms with Gasteiger partial charge in [-0.25, -0.2) is 0 Å². The molecule has 1 unspecified atom stereocenters. The summed E-state index contributed by atoms with van der Waals surface area (Å²) in [6.07, 6.45) is -4.12. The van der Waals surface area contributed by atoms with E-state index < -0.39 is 23.8 Å². The molecule has 0 amide bonds. The molecule has 2 aromatic rings. The molecule has 0 saturated carbocycles. The zero-order chi connectivity index (χ0) is 19.2. The molecule has 1 aliphatic carbocycles. The van der Waals surface area contributed by atoms with E-state index in [1.807, 2.05) is 0 Å². The number of carbonyl (C=O) groups is 1. The molecule has 2 aromatic carbocycles. The van der Waals surface area contributed by atoms with E-state index in [0.29, 0.717) is 29.9 Å². The van der Waals surface area contributed by atoms with E-state index in [-0.39, 0.29) is 24.5 Å². The van der Waals surface area contributed by atoms with Gasteiger partial charge in [-0.1, -0.05) is 18.2 Å². The summed E-state index contributed by atoms with van der Waals surface area (Å²) in [6.45, 7) is 0.273. The number of aryl methyl sites for hydroxylation is 1. The molecule has 4 rings (SSSR count). The number of alkyl halides is 3. The number of halogens is 3. The summed E-state index contributed by atoms with van der Waals surface area (Å²) in [5.41, 5.74) is 0.998. The molecule has 2 aliphatic rings. The van der Waals surface area contributed by atoms with Crippen LogP contribution in [0, 0.1) is 0 Å². The fourth-order valence-electron chi connectivity index (χ4n) is 3.88. The van der Waals surface area contributed by atoms with E-state index in [0.717, 1.165) is 11.6 Å². The highest BCUT2D eigenvalue weighted by molar-refractivity contribution is 5.68. The van der Waals surface area contributed by atoms with Gasteiger partial charge in [0, 0.05) is 23.1 Å². The normalized spacial score (nSPS) is 20.7. The third-order valence-electron chi connectivity index (χ3n) is 5.06. The maximum absolute atomic E-state index is 13.4. The van der Waals surface area contributed by atoms with Gasteiger partial charge in [-0.05, 0) is 30.5 Å². The standard InChI is InChI=1S/C20H17F3O4/c21-20(22,23)15-3-1-2-11-4-7-16(19(11)15)27-13-5-6-14-12(8-18(24)25)10-26-17(14)9-13/h1-3,5-6,9,12,16H,4,7-8,10H2,(H,24,25)/t12?,16-/m1/s1. The van der Waals surface area contributed by atoms with E-state index in [9.17, 15) is 18.0 Å². The Hall–Kier alpha value is -2.70. The maximum Gasteiger partial charge on any atom is 0.416 e. The Morgan fingerprint density at radius 1 is 1.26 bits per heavy atom. The van der Waals surface area contributed by atoms with Crippen LogP contribution in [0.15, 0.2) is 36.4 Å². The lowest BCUT2D eigenvalue weighted by molar-refractivity contribution is -0.139. The second kappa shape index (κ2) is 6.48. The predicted molar refractivity (Wildman–Crippen MR) is 90.1 cm³/mol. The molecular weight excluding hydrogens is 361 g/mol. The summed E-state index contributed by atoms with van der Waals surface area (Å²) in [5.74, 6) is -0.185. The highest BCUT2D eigenvalue weighted by Crippen LogP contribution is 2.44. The van der Waals surface area contributed by atoms with Gasteiger partial charge in [0.15, 0.2) is 0 Å². The lowest BCUT2D eigenvalue weighted by Gasteiger charge is -2.20. The highest BCUT2D eigenvalue weighted by Gasteiger charge is 2.39. The molecule has 0 spiro atoms. The van der Waals surface area contributed by atoms with Crippen LogP contribution in [0.5, 0.6) is 11.5 Å². The molecule has 0 bridgehead atoms. The summed E-state index contributed by atoms with van der Waals surface area (Å²) in [6, 6.07) is 9.24. The van der Waals surface area contributed by atoms with Crippen LogP contribution in [0.3, 0.4) is 0 Å². The lowest BCUT2D eigenvalue weighted by Crippen LogP contribution is -2.13. The maximum atomic E-state index is 13.4. The van der Waals surface area contributed by atoms with Crippen molar-refractivity contribution < 1.29 is 32.5 Å². The van der Waals surface area contributed by atoms with Crippen molar-refractivity contribution in [3.8, 4) is 11.5 Å². The van der Waals surface area contributed by atoms with Gasteiger partial charge in [-0.3, -0.25) is 4.79 Å². The first kappa shape index (κ1) is 17.7. The second-order valence-corrected chi connectivity index (χ2v) is 6.83. The molecule has 7 heteroatoms. The van der Waals surface area contributed by atoms with Gasteiger partial charge in [0.05, 0.1) is 18.6 Å². The van der Waals surface area contributed by atoms with Gasteiger partial charge >= 0.3 is 12.1 Å². The van der Waals surface area contributed by atoms with Crippen LogP contribution in [0.2, 0.25) is 0 Å². The minimum atomic E-state index is -4.43. The fraction of sp³-hybridized carbons (Fsp3) is 0.350. The third kappa shape index (κ3) is 3.34.